The second-order valence-electron chi connectivity index (χ2n) is 1.45. The highest BCUT2D eigenvalue weighted by molar-refractivity contribution is 7.90. The van der Waals surface area contributed by atoms with Crippen molar-refractivity contribution in [3.63, 3.8) is 0 Å². The van der Waals surface area contributed by atoms with E-state index in [4.69, 9.17) is 5.53 Å². The van der Waals surface area contributed by atoms with E-state index in [0.717, 1.165) is 0 Å². The molecule has 7 heteroatoms. The molecule has 0 aromatic heterocycles. The second-order valence-corrected chi connectivity index (χ2v) is 3.19. The predicted molar refractivity (Wildman–Crippen MR) is 34.8 cm³/mol. The number of sulfonamides is 1. The van der Waals surface area contributed by atoms with Crippen LogP contribution in [0.3, 0.4) is 0 Å². The van der Waals surface area contributed by atoms with Crippen LogP contribution >= 0.6 is 0 Å². The van der Waals surface area contributed by atoms with Gasteiger partial charge in [0.1, 0.15) is 0 Å². The number of azide groups is 1. The van der Waals surface area contributed by atoms with E-state index in [9.17, 15) is 8.42 Å². The third-order valence-electron chi connectivity index (χ3n) is 0.706. The molecule has 0 aliphatic carbocycles. The largest absolute Gasteiger partial charge is 0.384 e. The van der Waals surface area contributed by atoms with Crippen molar-refractivity contribution in [1.29, 1.82) is 0 Å². The van der Waals surface area contributed by atoms with Gasteiger partial charge in [-0.1, -0.05) is 0 Å². The van der Waals surface area contributed by atoms with Crippen molar-refractivity contribution in [2.75, 3.05) is 19.5 Å². The summed E-state index contributed by atoms with van der Waals surface area (Å²) in [5, 5.41) is 0. The molecule has 0 spiro atoms. The summed E-state index contributed by atoms with van der Waals surface area (Å²) in [4.78, 5) is 2.14. The van der Waals surface area contributed by atoms with Crippen molar-refractivity contribution in [1.82, 2.24) is 0 Å². The monoisotopic (exact) mass is 165 g/mol. The summed E-state index contributed by atoms with van der Waals surface area (Å²) >= 11 is 0. The van der Waals surface area contributed by atoms with Gasteiger partial charge in [0.15, 0.2) is 0 Å². The minimum Gasteiger partial charge on any atom is -0.384 e. The number of methoxy groups -OCH3 is 1. The van der Waals surface area contributed by atoms with E-state index < -0.39 is 10.0 Å². The smallest absolute Gasteiger partial charge is 0.237 e. The first-order valence-electron chi connectivity index (χ1n) is 2.40. The molecule has 10 heavy (non-hydrogen) atoms. The van der Waals surface area contributed by atoms with E-state index in [1.807, 2.05) is 0 Å². The highest BCUT2D eigenvalue weighted by atomic mass is 32.2. The Balaban J connectivity index is 4.02. The lowest BCUT2D eigenvalue weighted by Crippen LogP contribution is -2.06. The lowest BCUT2D eigenvalue weighted by molar-refractivity contribution is 0.217. The number of hydrogen-bond donors (Lipinski definition) is 0. The highest BCUT2D eigenvalue weighted by Crippen LogP contribution is 1.91. The predicted octanol–water partition coefficient (Wildman–Crippen LogP) is 0.273. The Hall–Kier alpha value is -0.780. The maximum absolute atomic E-state index is 10.5. The van der Waals surface area contributed by atoms with Gasteiger partial charge >= 0.3 is 0 Å². The second kappa shape index (κ2) is 4.10. The number of hydrogen-bond acceptors (Lipinski definition) is 3. The molecule has 0 radical (unpaired) electrons. The maximum atomic E-state index is 10.5. The van der Waals surface area contributed by atoms with E-state index in [-0.39, 0.29) is 12.4 Å². The van der Waals surface area contributed by atoms with E-state index in [1.165, 1.54) is 7.11 Å². The van der Waals surface area contributed by atoms with Gasteiger partial charge in [-0.2, -0.15) is 0 Å². The van der Waals surface area contributed by atoms with Crippen LogP contribution in [0.1, 0.15) is 0 Å². The topological polar surface area (TPSA) is 92.1 Å². The van der Waals surface area contributed by atoms with Crippen molar-refractivity contribution in [2.45, 2.75) is 0 Å². The van der Waals surface area contributed by atoms with Gasteiger partial charge in [-0.15, -0.1) is 0 Å². The van der Waals surface area contributed by atoms with Gasteiger partial charge < -0.3 is 4.74 Å². The van der Waals surface area contributed by atoms with Gasteiger partial charge in [0, 0.05) is 16.5 Å². The van der Waals surface area contributed by atoms with Gasteiger partial charge in [0.25, 0.3) is 0 Å². The van der Waals surface area contributed by atoms with Crippen molar-refractivity contribution < 1.29 is 13.2 Å². The van der Waals surface area contributed by atoms with Gasteiger partial charge in [-0.05, 0) is 5.53 Å². The Kier molecular flexibility index (Phi) is 3.78. The molecule has 0 rings (SSSR count). The average molecular weight is 165 g/mol. The molecule has 0 heterocycles. The quantitative estimate of drug-likeness (QED) is 0.340. The molecule has 0 aromatic carbocycles. The minimum absolute atomic E-state index is 0.0430. The minimum atomic E-state index is -3.61. The van der Waals surface area contributed by atoms with Crippen LogP contribution < -0.4 is 0 Å². The fourth-order valence-corrected chi connectivity index (χ4v) is 0.855. The number of nitrogens with zero attached hydrogens (tertiary/aromatic N) is 3. The average Bonchev–Trinajstić information content (AvgIpc) is 1.84. The molecule has 0 fully saturated rings. The third-order valence-corrected chi connectivity index (χ3v) is 1.71. The summed E-state index contributed by atoms with van der Waals surface area (Å²) in [5.74, 6) is -0.270. The summed E-state index contributed by atoms with van der Waals surface area (Å²) in [6, 6.07) is 0. The molecular formula is C3H7N3O3S. The van der Waals surface area contributed by atoms with Crippen LogP contribution in [0.25, 0.3) is 10.4 Å². The molecule has 0 saturated heterocycles. The Morgan fingerprint density at radius 3 is 2.70 bits per heavy atom. The Morgan fingerprint density at radius 1 is 1.70 bits per heavy atom. The fraction of sp³-hybridized carbons (Fsp3) is 1.00. The van der Waals surface area contributed by atoms with Gasteiger partial charge in [-0.25, -0.2) is 8.42 Å². The van der Waals surface area contributed by atoms with Crippen LogP contribution in [0.4, 0.5) is 0 Å². The summed E-state index contributed by atoms with van der Waals surface area (Å²) in [6.45, 7) is 0.0430. The fourth-order valence-electron chi connectivity index (χ4n) is 0.285. The molecule has 0 aliphatic heterocycles. The molecule has 6 nitrogen and oxygen atoms in total. The SMILES string of the molecule is COCCS(=O)(=O)N=[N+]=[N-]. The van der Waals surface area contributed by atoms with Crippen LogP contribution in [0.2, 0.25) is 0 Å². The molecule has 58 valence electrons. The summed E-state index contributed by atoms with van der Waals surface area (Å²) < 4.78 is 28.0. The molecule has 0 saturated carbocycles. The lowest BCUT2D eigenvalue weighted by Gasteiger charge is -1.93. The molecule has 0 bridgehead atoms. The third kappa shape index (κ3) is 4.13. The van der Waals surface area contributed by atoms with Crippen LogP contribution in [-0.2, 0) is 14.8 Å². The van der Waals surface area contributed by atoms with E-state index >= 15 is 0 Å². The normalized spacial score (nSPS) is 10.5. The molecule has 0 amide bonds. The number of ether oxygens (including phenoxy) is 1. The first-order valence-corrected chi connectivity index (χ1v) is 4.01. The first kappa shape index (κ1) is 9.22. The Morgan fingerprint density at radius 2 is 2.30 bits per heavy atom. The van der Waals surface area contributed by atoms with Crippen molar-refractivity contribution in [2.24, 2.45) is 4.52 Å². The molecule has 0 unspecified atom stereocenters. The van der Waals surface area contributed by atoms with Gasteiger partial charge in [0.05, 0.1) is 12.4 Å². The standard InChI is InChI=1S/C3H7N3O3S/c1-9-2-3-10(7,8)6-5-4/h2-3H2,1H3. The van der Waals surface area contributed by atoms with Gasteiger partial charge in [-0.3, -0.25) is 0 Å². The van der Waals surface area contributed by atoms with Gasteiger partial charge in [0.2, 0.25) is 10.0 Å². The molecule has 0 aromatic rings. The molecular weight excluding hydrogens is 158 g/mol. The summed E-state index contributed by atoms with van der Waals surface area (Å²) in [5.41, 5.74) is 7.74. The zero-order valence-corrected chi connectivity index (χ0v) is 6.21. The van der Waals surface area contributed by atoms with Crippen molar-refractivity contribution in [3.05, 3.63) is 10.4 Å². The zero-order valence-electron chi connectivity index (χ0n) is 5.39. The van der Waals surface area contributed by atoms with Crippen LogP contribution in [0, 0.1) is 0 Å². The summed E-state index contributed by atoms with van der Waals surface area (Å²) in [7, 11) is -2.24. The molecule has 0 N–H and O–H groups in total. The van der Waals surface area contributed by atoms with E-state index in [0.29, 0.717) is 0 Å². The Labute approximate surface area is 58.5 Å². The summed E-state index contributed by atoms with van der Waals surface area (Å²) in [6.07, 6.45) is 0. The van der Waals surface area contributed by atoms with Crippen LogP contribution in [0.15, 0.2) is 4.52 Å². The van der Waals surface area contributed by atoms with E-state index in [2.05, 4.69) is 14.2 Å². The van der Waals surface area contributed by atoms with Crippen molar-refractivity contribution >= 4 is 10.0 Å². The number of rotatable bonds is 4. The van der Waals surface area contributed by atoms with Crippen LogP contribution in [0.5, 0.6) is 0 Å². The van der Waals surface area contributed by atoms with Crippen molar-refractivity contribution in [3.8, 4) is 0 Å². The maximum Gasteiger partial charge on any atom is 0.237 e. The Bertz CT molecular complexity index is 227. The van der Waals surface area contributed by atoms with Crippen LogP contribution in [-0.4, -0.2) is 27.9 Å². The lowest BCUT2D eigenvalue weighted by atomic mass is 10.9. The van der Waals surface area contributed by atoms with E-state index in [1.54, 1.807) is 0 Å². The first-order chi connectivity index (χ1) is 4.62. The zero-order chi connectivity index (χ0) is 8.04. The molecule has 0 aliphatic rings. The molecule has 0 atom stereocenters. The highest BCUT2D eigenvalue weighted by Gasteiger charge is 2.05.